The zero-order valence-electron chi connectivity index (χ0n) is 15.6. The Balaban J connectivity index is 1.88. The lowest BCUT2D eigenvalue weighted by molar-refractivity contribution is -0.135. The summed E-state index contributed by atoms with van der Waals surface area (Å²) in [5.74, 6) is -0.0690. The molecule has 7 nitrogen and oxygen atoms in total. The van der Waals surface area contributed by atoms with E-state index in [0.29, 0.717) is 44.7 Å². The zero-order valence-corrected chi connectivity index (χ0v) is 15.6. The van der Waals surface area contributed by atoms with E-state index in [2.05, 4.69) is 4.98 Å². The van der Waals surface area contributed by atoms with E-state index in [4.69, 9.17) is 0 Å². The van der Waals surface area contributed by atoms with Crippen LogP contribution in [0.3, 0.4) is 0 Å². The summed E-state index contributed by atoms with van der Waals surface area (Å²) in [5.41, 5.74) is 0.119. The third kappa shape index (κ3) is 3.57. The fourth-order valence-corrected chi connectivity index (χ4v) is 3.97. The molecule has 0 aliphatic carbocycles. The maximum Gasteiger partial charge on any atom is 0.255 e. The van der Waals surface area contributed by atoms with E-state index in [0.717, 1.165) is 0 Å². The van der Waals surface area contributed by atoms with Crippen molar-refractivity contribution >= 4 is 17.7 Å². The summed E-state index contributed by atoms with van der Waals surface area (Å²) < 4.78 is 0. The third-order valence-corrected chi connectivity index (χ3v) is 5.22. The van der Waals surface area contributed by atoms with Crippen LogP contribution in [0.15, 0.2) is 24.5 Å². The van der Waals surface area contributed by atoms with Gasteiger partial charge in [-0.05, 0) is 12.1 Å². The quantitative estimate of drug-likeness (QED) is 0.786. The van der Waals surface area contributed by atoms with Gasteiger partial charge in [-0.1, -0.05) is 13.8 Å². The molecule has 0 saturated carbocycles. The lowest BCUT2D eigenvalue weighted by atomic mass is 9.85. The number of carbonyl (C=O) groups excluding carboxylic acids is 3. The van der Waals surface area contributed by atoms with E-state index in [1.807, 2.05) is 18.7 Å². The topological polar surface area (TPSA) is 73.8 Å². The van der Waals surface area contributed by atoms with E-state index in [1.165, 1.54) is 0 Å². The number of nitrogens with zero attached hydrogens (tertiary/aromatic N) is 4. The predicted molar refractivity (Wildman–Crippen MR) is 96.2 cm³/mol. The van der Waals surface area contributed by atoms with Gasteiger partial charge in [0.05, 0.1) is 5.56 Å². The number of hydrogen-bond acceptors (Lipinski definition) is 4. The fraction of sp³-hybridized carbons (Fsp3) is 0.579. The van der Waals surface area contributed by atoms with E-state index >= 15 is 0 Å². The number of rotatable bonds is 2. The lowest BCUT2D eigenvalue weighted by Crippen LogP contribution is -2.45. The van der Waals surface area contributed by atoms with Gasteiger partial charge in [0.1, 0.15) is 0 Å². The second-order valence-corrected chi connectivity index (χ2v) is 7.81. The van der Waals surface area contributed by atoms with Crippen LogP contribution in [0.5, 0.6) is 0 Å². The zero-order chi connectivity index (χ0) is 18.9. The van der Waals surface area contributed by atoms with E-state index in [-0.39, 0.29) is 23.6 Å². The first-order chi connectivity index (χ1) is 12.3. The molecule has 26 heavy (non-hydrogen) atoms. The van der Waals surface area contributed by atoms with Gasteiger partial charge in [0.25, 0.3) is 5.91 Å². The molecule has 0 aromatic carbocycles. The van der Waals surface area contributed by atoms with E-state index < -0.39 is 5.41 Å². The summed E-state index contributed by atoms with van der Waals surface area (Å²) in [6, 6.07) is 3.48. The predicted octanol–water partition coefficient (Wildman–Crippen LogP) is 0.871. The minimum Gasteiger partial charge on any atom is -0.345 e. The Morgan fingerprint density at radius 3 is 2.42 bits per heavy atom. The van der Waals surface area contributed by atoms with Gasteiger partial charge in [-0.3, -0.25) is 19.4 Å². The Morgan fingerprint density at radius 1 is 1.15 bits per heavy atom. The van der Waals surface area contributed by atoms with E-state index in [1.54, 1.807) is 41.4 Å². The van der Waals surface area contributed by atoms with Gasteiger partial charge in [-0.15, -0.1) is 0 Å². The molecular formula is C19H26N4O3. The van der Waals surface area contributed by atoms with Gasteiger partial charge in [-0.25, -0.2) is 0 Å². The lowest BCUT2D eigenvalue weighted by Gasteiger charge is -2.33. The normalized spacial score (nSPS) is 23.7. The highest BCUT2D eigenvalue weighted by Crippen LogP contribution is 2.35. The van der Waals surface area contributed by atoms with Crippen molar-refractivity contribution in [3.05, 3.63) is 30.1 Å². The molecule has 2 fully saturated rings. The van der Waals surface area contributed by atoms with Gasteiger partial charge < -0.3 is 14.7 Å². The second-order valence-electron chi connectivity index (χ2n) is 7.81. The number of likely N-dealkylation sites (tertiary alicyclic amines) is 1. The molecule has 2 saturated heterocycles. The second kappa shape index (κ2) is 7.05. The first-order valence-corrected chi connectivity index (χ1v) is 9.03. The standard InChI is InChI=1S/C19H26N4O3/c1-14(2)17(25)22-7-8-23(18(26)15-5-4-6-20-10-15)13-19(12-22)9-16(24)21(3)11-19/h4-6,10,14H,7-9,11-13H2,1-3H3/t19-/m1/s1. The van der Waals surface area contributed by atoms with Crippen molar-refractivity contribution < 1.29 is 14.4 Å². The smallest absolute Gasteiger partial charge is 0.255 e. The first-order valence-electron chi connectivity index (χ1n) is 9.03. The van der Waals surface area contributed by atoms with Gasteiger partial charge >= 0.3 is 0 Å². The van der Waals surface area contributed by atoms with Gasteiger partial charge in [0.15, 0.2) is 0 Å². The monoisotopic (exact) mass is 358 g/mol. The van der Waals surface area contributed by atoms with Crippen LogP contribution in [0.4, 0.5) is 0 Å². The van der Waals surface area contributed by atoms with Crippen LogP contribution in [0.2, 0.25) is 0 Å². The van der Waals surface area contributed by atoms with Crippen molar-refractivity contribution in [3.63, 3.8) is 0 Å². The largest absolute Gasteiger partial charge is 0.345 e. The van der Waals surface area contributed by atoms with Crippen molar-refractivity contribution in [2.75, 3.05) is 39.8 Å². The highest BCUT2D eigenvalue weighted by molar-refractivity contribution is 5.94. The summed E-state index contributed by atoms with van der Waals surface area (Å²) in [4.78, 5) is 47.1. The Kier molecular flexibility index (Phi) is 4.98. The number of pyridine rings is 1. The molecule has 1 aromatic rings. The van der Waals surface area contributed by atoms with Crippen LogP contribution in [0, 0.1) is 11.3 Å². The highest BCUT2D eigenvalue weighted by Gasteiger charge is 2.47. The Labute approximate surface area is 154 Å². The molecule has 140 valence electrons. The number of aromatic nitrogens is 1. The van der Waals surface area contributed by atoms with Crippen molar-refractivity contribution in [3.8, 4) is 0 Å². The molecule has 2 aliphatic heterocycles. The van der Waals surface area contributed by atoms with Crippen LogP contribution < -0.4 is 0 Å². The maximum absolute atomic E-state index is 12.9. The molecule has 1 spiro atoms. The molecule has 0 bridgehead atoms. The summed E-state index contributed by atoms with van der Waals surface area (Å²) in [5, 5.41) is 0. The molecule has 1 aromatic heterocycles. The van der Waals surface area contributed by atoms with Crippen LogP contribution in [-0.4, -0.2) is 77.2 Å². The van der Waals surface area contributed by atoms with E-state index in [9.17, 15) is 14.4 Å². The van der Waals surface area contributed by atoms with Crippen molar-refractivity contribution in [2.24, 2.45) is 11.3 Å². The molecule has 0 unspecified atom stereocenters. The molecule has 1 atom stereocenters. The summed E-state index contributed by atoms with van der Waals surface area (Å²) in [6.45, 7) is 6.25. The molecule has 0 radical (unpaired) electrons. The first kappa shape index (κ1) is 18.4. The molecular weight excluding hydrogens is 332 g/mol. The maximum atomic E-state index is 12.9. The average molecular weight is 358 g/mol. The van der Waals surface area contributed by atoms with Crippen LogP contribution in [0.1, 0.15) is 30.6 Å². The number of amides is 3. The summed E-state index contributed by atoms with van der Waals surface area (Å²) >= 11 is 0. The summed E-state index contributed by atoms with van der Waals surface area (Å²) in [7, 11) is 1.78. The minimum absolute atomic E-state index is 0.0672. The highest BCUT2D eigenvalue weighted by atomic mass is 16.2. The molecule has 2 aliphatic rings. The van der Waals surface area contributed by atoms with Crippen LogP contribution >= 0.6 is 0 Å². The van der Waals surface area contributed by atoms with Crippen LogP contribution in [-0.2, 0) is 9.59 Å². The number of hydrogen-bond donors (Lipinski definition) is 0. The molecule has 3 heterocycles. The molecule has 3 rings (SSSR count). The molecule has 7 heteroatoms. The Morgan fingerprint density at radius 2 is 1.85 bits per heavy atom. The van der Waals surface area contributed by atoms with Crippen molar-refractivity contribution in [2.45, 2.75) is 20.3 Å². The molecule has 0 N–H and O–H groups in total. The molecule has 3 amide bonds. The fourth-order valence-electron chi connectivity index (χ4n) is 3.97. The van der Waals surface area contributed by atoms with Gasteiger partial charge in [0, 0.05) is 69.9 Å². The third-order valence-electron chi connectivity index (χ3n) is 5.22. The Bertz CT molecular complexity index is 706. The number of carbonyl (C=O) groups is 3. The van der Waals surface area contributed by atoms with Crippen molar-refractivity contribution in [1.82, 2.24) is 19.7 Å². The Hall–Kier alpha value is -2.44. The van der Waals surface area contributed by atoms with Gasteiger partial charge in [-0.2, -0.15) is 0 Å². The van der Waals surface area contributed by atoms with Gasteiger partial charge in [0.2, 0.25) is 11.8 Å². The SMILES string of the molecule is CC(C)C(=O)N1CCN(C(=O)c2cccnc2)C[C@@]2(CC(=O)N(C)C2)C1. The average Bonchev–Trinajstić information content (AvgIpc) is 2.79. The minimum atomic E-state index is -0.412. The summed E-state index contributed by atoms with van der Waals surface area (Å²) in [6.07, 6.45) is 3.55. The van der Waals surface area contributed by atoms with Crippen molar-refractivity contribution in [1.29, 1.82) is 0 Å². The van der Waals surface area contributed by atoms with Crippen LogP contribution in [0.25, 0.3) is 0 Å².